The molecule has 82 valence electrons. The van der Waals surface area contributed by atoms with Crippen LogP contribution in [0.1, 0.15) is 27.7 Å². The standard InChI is InChI=1S/C9H17NO4/c1-5(2)7(8(11)12)10-9(13)14-6(3)4/h5-7H,1-4H3,(H,10,13)(H,11,12)/t7-/m0/s1. The Morgan fingerprint density at radius 1 is 1.21 bits per heavy atom. The van der Waals surface area contributed by atoms with Gasteiger partial charge in [-0.3, -0.25) is 0 Å². The monoisotopic (exact) mass is 203 g/mol. The van der Waals surface area contributed by atoms with Crippen LogP contribution < -0.4 is 5.32 Å². The maximum atomic E-state index is 11.1. The molecule has 0 aliphatic rings. The van der Waals surface area contributed by atoms with E-state index in [0.717, 1.165) is 0 Å². The summed E-state index contributed by atoms with van der Waals surface area (Å²) in [5.41, 5.74) is 0. The smallest absolute Gasteiger partial charge is 0.408 e. The Morgan fingerprint density at radius 2 is 1.71 bits per heavy atom. The lowest BCUT2D eigenvalue weighted by atomic mass is 10.1. The van der Waals surface area contributed by atoms with E-state index in [-0.39, 0.29) is 12.0 Å². The van der Waals surface area contributed by atoms with Crippen LogP contribution in [0.15, 0.2) is 0 Å². The van der Waals surface area contributed by atoms with Gasteiger partial charge in [-0.2, -0.15) is 0 Å². The first-order valence-corrected chi connectivity index (χ1v) is 4.54. The number of carboxylic acids is 1. The first kappa shape index (κ1) is 12.7. The van der Waals surface area contributed by atoms with E-state index in [1.165, 1.54) is 0 Å². The SMILES string of the molecule is CC(C)OC(=O)N[C@H](C(=O)O)C(C)C. The Morgan fingerprint density at radius 3 is 2.00 bits per heavy atom. The molecule has 5 nitrogen and oxygen atoms in total. The molecule has 1 atom stereocenters. The number of hydrogen-bond acceptors (Lipinski definition) is 3. The number of rotatable bonds is 4. The molecule has 14 heavy (non-hydrogen) atoms. The number of carbonyl (C=O) groups is 2. The Kier molecular flexibility index (Phi) is 4.97. The minimum Gasteiger partial charge on any atom is -0.480 e. The molecule has 1 amide bonds. The molecule has 0 unspecified atom stereocenters. The predicted octanol–water partition coefficient (Wildman–Crippen LogP) is 1.23. The molecule has 0 radical (unpaired) electrons. The third kappa shape index (κ3) is 4.69. The maximum Gasteiger partial charge on any atom is 0.408 e. The van der Waals surface area contributed by atoms with Crippen molar-refractivity contribution in [1.82, 2.24) is 5.32 Å². The Bertz CT molecular complexity index is 213. The molecular formula is C9H17NO4. The van der Waals surface area contributed by atoms with Crippen molar-refractivity contribution in [2.24, 2.45) is 5.92 Å². The van der Waals surface area contributed by atoms with Crippen molar-refractivity contribution >= 4 is 12.1 Å². The van der Waals surface area contributed by atoms with Gasteiger partial charge in [0.1, 0.15) is 6.04 Å². The minimum absolute atomic E-state index is 0.174. The Balaban J connectivity index is 4.17. The molecule has 0 aromatic heterocycles. The van der Waals surface area contributed by atoms with Gasteiger partial charge >= 0.3 is 12.1 Å². The molecule has 0 aromatic rings. The summed E-state index contributed by atoms with van der Waals surface area (Å²) in [5.74, 6) is -1.23. The molecular weight excluding hydrogens is 186 g/mol. The molecule has 0 aromatic carbocycles. The van der Waals surface area contributed by atoms with Crippen molar-refractivity contribution in [2.75, 3.05) is 0 Å². The first-order valence-electron chi connectivity index (χ1n) is 4.54. The number of carbonyl (C=O) groups excluding carboxylic acids is 1. The highest BCUT2D eigenvalue weighted by Crippen LogP contribution is 2.02. The zero-order valence-electron chi connectivity index (χ0n) is 8.90. The predicted molar refractivity (Wildman–Crippen MR) is 51.0 cm³/mol. The highest BCUT2D eigenvalue weighted by Gasteiger charge is 2.24. The third-order valence-corrected chi connectivity index (χ3v) is 1.55. The average molecular weight is 203 g/mol. The fraction of sp³-hybridized carbons (Fsp3) is 0.778. The van der Waals surface area contributed by atoms with E-state index in [1.54, 1.807) is 27.7 Å². The van der Waals surface area contributed by atoms with Crippen LogP contribution in [0.3, 0.4) is 0 Å². The second-order valence-corrected chi connectivity index (χ2v) is 3.66. The van der Waals surface area contributed by atoms with Gasteiger partial charge in [0.2, 0.25) is 0 Å². The van der Waals surface area contributed by atoms with Gasteiger partial charge in [0.05, 0.1) is 6.10 Å². The summed E-state index contributed by atoms with van der Waals surface area (Å²) in [7, 11) is 0. The number of ether oxygens (including phenoxy) is 1. The van der Waals surface area contributed by atoms with Crippen molar-refractivity contribution in [2.45, 2.75) is 39.8 Å². The number of amides is 1. The summed E-state index contributed by atoms with van der Waals surface area (Å²) in [6, 6.07) is -0.902. The van der Waals surface area contributed by atoms with Gasteiger partial charge in [-0.25, -0.2) is 9.59 Å². The lowest BCUT2D eigenvalue weighted by Gasteiger charge is -2.18. The summed E-state index contributed by atoms with van der Waals surface area (Å²) >= 11 is 0. The van der Waals surface area contributed by atoms with Crippen LogP contribution >= 0.6 is 0 Å². The fourth-order valence-electron chi connectivity index (χ4n) is 0.889. The summed E-state index contributed by atoms with van der Waals surface area (Å²) in [4.78, 5) is 21.8. The molecule has 0 heterocycles. The third-order valence-electron chi connectivity index (χ3n) is 1.55. The Labute approximate surface area is 83.4 Å². The summed E-state index contributed by atoms with van der Waals surface area (Å²) < 4.78 is 4.77. The van der Waals surface area contributed by atoms with E-state index in [1.807, 2.05) is 0 Å². The van der Waals surface area contributed by atoms with Gasteiger partial charge < -0.3 is 15.2 Å². The van der Waals surface area contributed by atoms with Crippen LogP contribution in [0.4, 0.5) is 4.79 Å². The summed E-state index contributed by atoms with van der Waals surface area (Å²) in [6.07, 6.45) is -0.947. The number of alkyl carbamates (subject to hydrolysis) is 1. The molecule has 0 saturated heterocycles. The molecule has 0 rings (SSSR count). The van der Waals surface area contributed by atoms with E-state index in [2.05, 4.69) is 5.32 Å². The highest BCUT2D eigenvalue weighted by molar-refractivity contribution is 5.80. The highest BCUT2D eigenvalue weighted by atomic mass is 16.6. The number of aliphatic carboxylic acids is 1. The van der Waals surface area contributed by atoms with Gasteiger partial charge in [-0.05, 0) is 19.8 Å². The largest absolute Gasteiger partial charge is 0.480 e. The lowest BCUT2D eigenvalue weighted by Crippen LogP contribution is -2.45. The molecule has 0 bridgehead atoms. The van der Waals surface area contributed by atoms with E-state index in [0.29, 0.717) is 0 Å². The van der Waals surface area contributed by atoms with Gasteiger partial charge in [0, 0.05) is 0 Å². The second kappa shape index (κ2) is 5.47. The van der Waals surface area contributed by atoms with Crippen molar-refractivity contribution in [3.8, 4) is 0 Å². The quantitative estimate of drug-likeness (QED) is 0.720. The normalized spacial score (nSPS) is 12.7. The van der Waals surface area contributed by atoms with Crippen molar-refractivity contribution in [3.05, 3.63) is 0 Å². The average Bonchev–Trinajstić information content (AvgIpc) is 1.97. The fourth-order valence-corrected chi connectivity index (χ4v) is 0.889. The van der Waals surface area contributed by atoms with Crippen LogP contribution in [0.25, 0.3) is 0 Å². The van der Waals surface area contributed by atoms with Crippen molar-refractivity contribution < 1.29 is 19.4 Å². The van der Waals surface area contributed by atoms with Gasteiger partial charge in [-0.15, -0.1) is 0 Å². The molecule has 0 saturated carbocycles. The van der Waals surface area contributed by atoms with Gasteiger partial charge in [-0.1, -0.05) is 13.8 Å². The molecule has 0 fully saturated rings. The maximum absolute atomic E-state index is 11.1. The zero-order valence-corrected chi connectivity index (χ0v) is 8.90. The van der Waals surface area contributed by atoms with Gasteiger partial charge in [0.15, 0.2) is 0 Å². The van der Waals surface area contributed by atoms with Crippen LogP contribution in [0.5, 0.6) is 0 Å². The molecule has 0 aliphatic carbocycles. The minimum atomic E-state index is -1.05. The lowest BCUT2D eigenvalue weighted by molar-refractivity contribution is -0.140. The Hall–Kier alpha value is -1.26. The van der Waals surface area contributed by atoms with E-state index in [4.69, 9.17) is 9.84 Å². The zero-order chi connectivity index (χ0) is 11.3. The van der Waals surface area contributed by atoms with Crippen LogP contribution in [0, 0.1) is 5.92 Å². The number of carboxylic acid groups (broad SMARTS) is 1. The number of nitrogens with one attached hydrogen (secondary N) is 1. The summed E-state index contributed by atoms with van der Waals surface area (Å²) in [5, 5.41) is 11.0. The van der Waals surface area contributed by atoms with E-state index < -0.39 is 18.1 Å². The number of hydrogen-bond donors (Lipinski definition) is 2. The molecule has 0 spiro atoms. The molecule has 2 N–H and O–H groups in total. The van der Waals surface area contributed by atoms with Crippen LogP contribution in [0.2, 0.25) is 0 Å². The first-order chi connectivity index (χ1) is 6.34. The van der Waals surface area contributed by atoms with Gasteiger partial charge in [0.25, 0.3) is 0 Å². The topological polar surface area (TPSA) is 75.6 Å². The van der Waals surface area contributed by atoms with Crippen LogP contribution in [-0.4, -0.2) is 29.3 Å². The summed E-state index contributed by atoms with van der Waals surface area (Å²) in [6.45, 7) is 6.83. The van der Waals surface area contributed by atoms with Crippen molar-refractivity contribution in [3.63, 3.8) is 0 Å². The van der Waals surface area contributed by atoms with E-state index >= 15 is 0 Å². The second-order valence-electron chi connectivity index (χ2n) is 3.66. The molecule has 0 aliphatic heterocycles. The van der Waals surface area contributed by atoms with Crippen molar-refractivity contribution in [1.29, 1.82) is 0 Å². The van der Waals surface area contributed by atoms with Crippen LogP contribution in [-0.2, 0) is 9.53 Å². The van der Waals surface area contributed by atoms with E-state index in [9.17, 15) is 9.59 Å². The molecule has 5 heteroatoms.